The van der Waals surface area contributed by atoms with E-state index < -0.39 is 0 Å². The molecule has 2 aromatic rings. The lowest BCUT2D eigenvalue weighted by Gasteiger charge is -2.14. The fraction of sp³-hybridized carbons (Fsp3) is 0.357. The van der Waals surface area contributed by atoms with Gasteiger partial charge in [-0.05, 0) is 24.2 Å². The molecule has 1 aromatic heterocycles. The topological polar surface area (TPSA) is 41.3 Å². The van der Waals surface area contributed by atoms with E-state index in [4.69, 9.17) is 4.42 Å². The standard InChI is InChI=1S/C14H18FN3O/c1-3-16-8-13-10-19-14(17-13)18(2)9-11-4-6-12(15)7-5-11/h4-7,10,16H,3,8-9H2,1-2H3. The fourth-order valence-corrected chi connectivity index (χ4v) is 1.74. The molecule has 1 N–H and O–H groups in total. The molecular weight excluding hydrogens is 245 g/mol. The van der Waals surface area contributed by atoms with Crippen LogP contribution in [0.3, 0.4) is 0 Å². The highest BCUT2D eigenvalue weighted by atomic mass is 19.1. The third-order valence-electron chi connectivity index (χ3n) is 2.76. The van der Waals surface area contributed by atoms with Crippen LogP contribution in [-0.2, 0) is 13.1 Å². The third-order valence-corrected chi connectivity index (χ3v) is 2.76. The van der Waals surface area contributed by atoms with Crippen LogP contribution in [0.2, 0.25) is 0 Å². The summed E-state index contributed by atoms with van der Waals surface area (Å²) in [4.78, 5) is 6.28. The minimum Gasteiger partial charge on any atom is -0.432 e. The van der Waals surface area contributed by atoms with Crippen LogP contribution >= 0.6 is 0 Å². The van der Waals surface area contributed by atoms with E-state index in [9.17, 15) is 4.39 Å². The quantitative estimate of drug-likeness (QED) is 0.869. The predicted octanol–water partition coefficient (Wildman–Crippen LogP) is 2.56. The number of halogens is 1. The first kappa shape index (κ1) is 13.5. The van der Waals surface area contributed by atoms with Crippen molar-refractivity contribution in [2.24, 2.45) is 0 Å². The van der Waals surface area contributed by atoms with E-state index in [2.05, 4.69) is 10.3 Å². The molecule has 5 heteroatoms. The molecule has 2 rings (SSSR count). The van der Waals surface area contributed by atoms with Gasteiger partial charge in [0.25, 0.3) is 6.01 Å². The van der Waals surface area contributed by atoms with Crippen molar-refractivity contribution >= 4 is 6.01 Å². The van der Waals surface area contributed by atoms with Crippen molar-refractivity contribution in [3.8, 4) is 0 Å². The molecule has 0 unspecified atom stereocenters. The third kappa shape index (κ3) is 3.79. The molecule has 0 atom stereocenters. The van der Waals surface area contributed by atoms with E-state index in [1.54, 1.807) is 18.4 Å². The van der Waals surface area contributed by atoms with Gasteiger partial charge in [0.05, 0.1) is 5.69 Å². The van der Waals surface area contributed by atoms with Gasteiger partial charge in [0.2, 0.25) is 0 Å². The van der Waals surface area contributed by atoms with Crippen molar-refractivity contribution in [2.75, 3.05) is 18.5 Å². The second-order valence-electron chi connectivity index (χ2n) is 4.38. The van der Waals surface area contributed by atoms with Gasteiger partial charge in [-0.3, -0.25) is 0 Å². The van der Waals surface area contributed by atoms with Gasteiger partial charge >= 0.3 is 0 Å². The second-order valence-corrected chi connectivity index (χ2v) is 4.38. The van der Waals surface area contributed by atoms with E-state index in [1.807, 2.05) is 18.9 Å². The number of oxazole rings is 1. The van der Waals surface area contributed by atoms with Crippen LogP contribution in [0.1, 0.15) is 18.2 Å². The molecule has 1 aromatic carbocycles. The number of rotatable bonds is 6. The molecule has 0 saturated carbocycles. The van der Waals surface area contributed by atoms with Gasteiger partial charge < -0.3 is 14.6 Å². The summed E-state index contributed by atoms with van der Waals surface area (Å²) in [5.41, 5.74) is 1.89. The van der Waals surface area contributed by atoms with Crippen molar-refractivity contribution in [1.29, 1.82) is 0 Å². The van der Waals surface area contributed by atoms with Crippen LogP contribution in [0.25, 0.3) is 0 Å². The summed E-state index contributed by atoms with van der Waals surface area (Å²) in [7, 11) is 1.90. The Morgan fingerprint density at radius 1 is 1.32 bits per heavy atom. The normalized spacial score (nSPS) is 10.7. The zero-order chi connectivity index (χ0) is 13.7. The maximum absolute atomic E-state index is 12.8. The Morgan fingerprint density at radius 2 is 2.05 bits per heavy atom. The van der Waals surface area contributed by atoms with Gasteiger partial charge in [-0.15, -0.1) is 0 Å². The number of aromatic nitrogens is 1. The van der Waals surface area contributed by atoms with Gasteiger partial charge in [0.1, 0.15) is 12.1 Å². The Kier molecular flexibility index (Phi) is 4.52. The number of nitrogens with zero attached hydrogens (tertiary/aromatic N) is 2. The molecule has 0 amide bonds. The Hall–Kier alpha value is -1.88. The molecule has 0 bridgehead atoms. The van der Waals surface area contributed by atoms with Gasteiger partial charge in [-0.25, -0.2) is 4.39 Å². The van der Waals surface area contributed by atoms with E-state index in [1.165, 1.54) is 12.1 Å². The summed E-state index contributed by atoms with van der Waals surface area (Å²) in [6, 6.07) is 6.99. The van der Waals surface area contributed by atoms with E-state index in [0.29, 0.717) is 19.1 Å². The minimum absolute atomic E-state index is 0.226. The summed E-state index contributed by atoms with van der Waals surface area (Å²) in [5, 5.41) is 3.19. The maximum Gasteiger partial charge on any atom is 0.297 e. The first-order chi connectivity index (χ1) is 9.19. The largest absolute Gasteiger partial charge is 0.432 e. The van der Waals surface area contributed by atoms with Crippen LogP contribution in [0.4, 0.5) is 10.4 Å². The Balaban J connectivity index is 1.97. The van der Waals surface area contributed by atoms with Gasteiger partial charge in [-0.1, -0.05) is 19.1 Å². The Labute approximate surface area is 112 Å². The minimum atomic E-state index is -0.226. The Bertz CT molecular complexity index is 510. The SMILES string of the molecule is CCNCc1coc(N(C)Cc2ccc(F)cc2)n1. The highest BCUT2D eigenvalue weighted by Crippen LogP contribution is 2.15. The van der Waals surface area contributed by atoms with Crippen molar-refractivity contribution in [3.63, 3.8) is 0 Å². The van der Waals surface area contributed by atoms with Crippen LogP contribution in [-0.4, -0.2) is 18.6 Å². The number of benzene rings is 1. The number of anilines is 1. The number of hydrogen-bond donors (Lipinski definition) is 1. The van der Waals surface area contributed by atoms with E-state index >= 15 is 0 Å². The molecule has 0 aliphatic rings. The Morgan fingerprint density at radius 3 is 2.74 bits per heavy atom. The highest BCUT2D eigenvalue weighted by molar-refractivity contribution is 5.29. The molecular formula is C14H18FN3O. The van der Waals surface area contributed by atoms with Gasteiger partial charge in [0.15, 0.2) is 0 Å². The summed E-state index contributed by atoms with van der Waals surface area (Å²) >= 11 is 0. The number of hydrogen-bond acceptors (Lipinski definition) is 4. The first-order valence-corrected chi connectivity index (χ1v) is 6.29. The molecule has 0 fully saturated rings. The monoisotopic (exact) mass is 263 g/mol. The lowest BCUT2D eigenvalue weighted by atomic mass is 10.2. The van der Waals surface area contributed by atoms with Crippen LogP contribution in [0.5, 0.6) is 0 Å². The summed E-state index contributed by atoms with van der Waals surface area (Å²) in [6.07, 6.45) is 1.65. The average molecular weight is 263 g/mol. The van der Waals surface area contributed by atoms with Crippen molar-refractivity contribution < 1.29 is 8.81 Å². The molecule has 0 spiro atoms. The molecule has 0 radical (unpaired) electrons. The molecule has 4 nitrogen and oxygen atoms in total. The zero-order valence-electron chi connectivity index (χ0n) is 11.2. The average Bonchev–Trinajstić information content (AvgIpc) is 2.88. The lowest BCUT2D eigenvalue weighted by molar-refractivity contribution is 0.542. The maximum atomic E-state index is 12.8. The van der Waals surface area contributed by atoms with Crippen molar-refractivity contribution in [1.82, 2.24) is 10.3 Å². The summed E-state index contributed by atoms with van der Waals surface area (Å²) in [5.74, 6) is -0.226. The number of nitrogens with one attached hydrogen (secondary N) is 1. The van der Waals surface area contributed by atoms with Gasteiger partial charge in [0, 0.05) is 20.1 Å². The van der Waals surface area contributed by atoms with Crippen molar-refractivity contribution in [2.45, 2.75) is 20.0 Å². The molecule has 0 aliphatic heterocycles. The van der Waals surface area contributed by atoms with E-state index in [-0.39, 0.29) is 5.82 Å². The van der Waals surface area contributed by atoms with Gasteiger partial charge in [-0.2, -0.15) is 4.98 Å². The van der Waals surface area contributed by atoms with Crippen LogP contribution in [0.15, 0.2) is 34.9 Å². The highest BCUT2D eigenvalue weighted by Gasteiger charge is 2.09. The molecule has 19 heavy (non-hydrogen) atoms. The fourth-order valence-electron chi connectivity index (χ4n) is 1.74. The molecule has 0 aliphatic carbocycles. The molecule has 0 saturated heterocycles. The molecule has 102 valence electrons. The smallest absolute Gasteiger partial charge is 0.297 e. The zero-order valence-corrected chi connectivity index (χ0v) is 11.2. The predicted molar refractivity (Wildman–Crippen MR) is 72.4 cm³/mol. The summed E-state index contributed by atoms with van der Waals surface area (Å²) in [6.45, 7) is 4.26. The van der Waals surface area contributed by atoms with Crippen molar-refractivity contribution in [3.05, 3.63) is 47.6 Å². The summed E-state index contributed by atoms with van der Waals surface area (Å²) < 4.78 is 18.2. The lowest BCUT2D eigenvalue weighted by Crippen LogP contribution is -2.17. The molecule has 1 heterocycles. The second kappa shape index (κ2) is 6.33. The first-order valence-electron chi connectivity index (χ1n) is 6.29. The van der Waals surface area contributed by atoms with Crippen LogP contribution in [0, 0.1) is 5.82 Å². The van der Waals surface area contributed by atoms with E-state index in [0.717, 1.165) is 17.8 Å². The van der Waals surface area contributed by atoms with Crippen LogP contribution < -0.4 is 10.2 Å².